The van der Waals surface area contributed by atoms with E-state index in [9.17, 15) is 13.2 Å². The minimum atomic E-state index is -3.52. The Bertz CT molecular complexity index is 575. The Kier molecular flexibility index (Phi) is 4.46. The number of hydrogen-bond donors (Lipinski definition) is 1. The van der Waals surface area contributed by atoms with Crippen LogP contribution in [0.15, 0.2) is 21.6 Å². The summed E-state index contributed by atoms with van der Waals surface area (Å²) in [4.78, 5) is 12.4. The molecule has 1 aliphatic heterocycles. The molecule has 8 heteroatoms. The first-order valence-electron chi connectivity index (χ1n) is 6.45. The van der Waals surface area contributed by atoms with E-state index in [1.54, 1.807) is 18.0 Å². The first-order valence-corrected chi connectivity index (χ1v) is 7.89. The molecule has 2 heterocycles. The summed E-state index contributed by atoms with van der Waals surface area (Å²) < 4.78 is 31.3. The van der Waals surface area contributed by atoms with Crippen molar-refractivity contribution < 1.29 is 17.6 Å². The van der Waals surface area contributed by atoms with Gasteiger partial charge in [0.15, 0.2) is 0 Å². The molecule has 20 heavy (non-hydrogen) atoms. The fourth-order valence-corrected chi connectivity index (χ4v) is 3.67. The van der Waals surface area contributed by atoms with Crippen molar-refractivity contribution in [1.82, 2.24) is 9.21 Å². The van der Waals surface area contributed by atoms with E-state index in [1.807, 2.05) is 0 Å². The third-order valence-electron chi connectivity index (χ3n) is 3.15. The van der Waals surface area contributed by atoms with Gasteiger partial charge in [0.05, 0.1) is 13.1 Å². The van der Waals surface area contributed by atoms with Crippen LogP contribution in [0.2, 0.25) is 0 Å². The number of nitrogens with two attached hydrogens (primary N) is 1. The molecule has 0 unspecified atom stereocenters. The zero-order valence-electron chi connectivity index (χ0n) is 11.4. The van der Waals surface area contributed by atoms with Gasteiger partial charge in [0, 0.05) is 13.1 Å². The van der Waals surface area contributed by atoms with Crippen LogP contribution in [0.1, 0.15) is 18.6 Å². The summed E-state index contributed by atoms with van der Waals surface area (Å²) in [6.45, 7) is 1.51. The standard InChI is InChI=1S/C12H19N3O4S/c1-14(9-11(13)16)8-10-4-5-12(19-10)20(17,18)15-6-2-3-7-15/h4-5H,2-3,6-9H2,1H3,(H2,13,16). The van der Waals surface area contributed by atoms with E-state index in [1.165, 1.54) is 10.4 Å². The highest BCUT2D eigenvalue weighted by Crippen LogP contribution is 2.23. The van der Waals surface area contributed by atoms with Crippen molar-refractivity contribution in [1.29, 1.82) is 0 Å². The van der Waals surface area contributed by atoms with Crippen LogP contribution in [-0.2, 0) is 21.4 Å². The van der Waals surface area contributed by atoms with Crippen LogP contribution >= 0.6 is 0 Å². The first kappa shape index (κ1) is 15.0. The van der Waals surface area contributed by atoms with Crippen LogP contribution in [0.3, 0.4) is 0 Å². The predicted octanol–water partition coefficient (Wildman–Crippen LogP) is -0.0188. The SMILES string of the molecule is CN(CC(N)=O)Cc1ccc(S(=O)(=O)N2CCCC2)o1. The van der Waals surface area contributed by atoms with Crippen LogP contribution in [0.5, 0.6) is 0 Å². The van der Waals surface area contributed by atoms with E-state index in [-0.39, 0.29) is 11.6 Å². The van der Waals surface area contributed by atoms with Gasteiger partial charge in [-0.1, -0.05) is 0 Å². The van der Waals surface area contributed by atoms with Crippen molar-refractivity contribution in [2.75, 3.05) is 26.7 Å². The maximum Gasteiger partial charge on any atom is 0.276 e. The lowest BCUT2D eigenvalue weighted by atomic mass is 10.4. The number of furan rings is 1. The molecule has 2 rings (SSSR count). The molecule has 1 saturated heterocycles. The molecule has 1 aromatic heterocycles. The lowest BCUT2D eigenvalue weighted by Gasteiger charge is -2.14. The molecule has 0 aromatic carbocycles. The highest BCUT2D eigenvalue weighted by molar-refractivity contribution is 7.89. The Morgan fingerprint density at radius 1 is 1.40 bits per heavy atom. The number of nitrogens with zero attached hydrogens (tertiary/aromatic N) is 2. The number of hydrogen-bond acceptors (Lipinski definition) is 5. The number of likely N-dealkylation sites (N-methyl/N-ethyl adjacent to an activating group) is 1. The molecule has 0 bridgehead atoms. The van der Waals surface area contributed by atoms with Crippen molar-refractivity contribution in [2.24, 2.45) is 5.73 Å². The van der Waals surface area contributed by atoms with Gasteiger partial charge < -0.3 is 10.2 Å². The van der Waals surface area contributed by atoms with Crippen LogP contribution in [0.25, 0.3) is 0 Å². The number of carbonyl (C=O) groups is 1. The zero-order chi connectivity index (χ0) is 14.8. The third kappa shape index (κ3) is 3.38. The highest BCUT2D eigenvalue weighted by Gasteiger charge is 2.29. The second-order valence-electron chi connectivity index (χ2n) is 4.97. The van der Waals surface area contributed by atoms with E-state index in [4.69, 9.17) is 10.2 Å². The monoisotopic (exact) mass is 301 g/mol. The van der Waals surface area contributed by atoms with Gasteiger partial charge in [-0.3, -0.25) is 9.69 Å². The van der Waals surface area contributed by atoms with Crippen LogP contribution in [0, 0.1) is 0 Å². The number of amides is 1. The average Bonchev–Trinajstić information content (AvgIpc) is 2.97. The van der Waals surface area contributed by atoms with E-state index in [0.29, 0.717) is 25.4 Å². The van der Waals surface area contributed by atoms with E-state index < -0.39 is 15.9 Å². The molecule has 0 radical (unpaired) electrons. The topological polar surface area (TPSA) is 96.8 Å². The predicted molar refractivity (Wildman–Crippen MR) is 72.2 cm³/mol. The number of carbonyl (C=O) groups excluding carboxylic acids is 1. The largest absolute Gasteiger partial charge is 0.447 e. The Labute approximate surface area is 118 Å². The van der Waals surface area contributed by atoms with Gasteiger partial charge in [-0.2, -0.15) is 4.31 Å². The molecule has 2 N–H and O–H groups in total. The molecule has 7 nitrogen and oxygen atoms in total. The molecular formula is C12H19N3O4S. The fourth-order valence-electron chi connectivity index (χ4n) is 2.23. The second kappa shape index (κ2) is 5.94. The molecule has 1 aliphatic rings. The minimum absolute atomic E-state index is 0.0399. The molecule has 112 valence electrons. The van der Waals surface area contributed by atoms with E-state index >= 15 is 0 Å². The highest BCUT2D eigenvalue weighted by atomic mass is 32.2. The van der Waals surface area contributed by atoms with Crippen LogP contribution in [-0.4, -0.2) is 50.2 Å². The first-order chi connectivity index (χ1) is 9.39. The summed E-state index contributed by atoms with van der Waals surface area (Å²) in [6.07, 6.45) is 1.77. The number of rotatable bonds is 6. The summed E-state index contributed by atoms with van der Waals surface area (Å²) in [6, 6.07) is 3.07. The molecule has 0 atom stereocenters. The molecule has 1 amide bonds. The van der Waals surface area contributed by atoms with Crippen molar-refractivity contribution in [3.05, 3.63) is 17.9 Å². The van der Waals surface area contributed by atoms with Gasteiger partial charge in [0.1, 0.15) is 5.76 Å². The Morgan fingerprint density at radius 2 is 2.05 bits per heavy atom. The summed E-state index contributed by atoms with van der Waals surface area (Å²) in [5, 5.41) is -0.0399. The summed E-state index contributed by atoms with van der Waals surface area (Å²) >= 11 is 0. The van der Waals surface area contributed by atoms with Gasteiger partial charge in [-0.25, -0.2) is 8.42 Å². The Balaban J connectivity index is 2.06. The molecule has 0 aliphatic carbocycles. The maximum absolute atomic E-state index is 12.3. The normalized spacial score (nSPS) is 16.9. The van der Waals surface area contributed by atoms with Crippen molar-refractivity contribution in [3.63, 3.8) is 0 Å². The minimum Gasteiger partial charge on any atom is -0.447 e. The zero-order valence-corrected chi connectivity index (χ0v) is 12.2. The van der Waals surface area contributed by atoms with Gasteiger partial charge in [-0.15, -0.1) is 0 Å². The quantitative estimate of drug-likeness (QED) is 0.796. The summed E-state index contributed by atoms with van der Waals surface area (Å²) in [5.41, 5.74) is 5.09. The van der Waals surface area contributed by atoms with Crippen LogP contribution in [0.4, 0.5) is 0 Å². The van der Waals surface area contributed by atoms with Gasteiger partial charge >= 0.3 is 0 Å². The fraction of sp³-hybridized carbons (Fsp3) is 0.583. The van der Waals surface area contributed by atoms with Crippen molar-refractivity contribution >= 4 is 15.9 Å². The van der Waals surface area contributed by atoms with Crippen molar-refractivity contribution in [2.45, 2.75) is 24.5 Å². The van der Waals surface area contributed by atoms with E-state index in [0.717, 1.165) is 12.8 Å². The smallest absolute Gasteiger partial charge is 0.276 e. The molecule has 0 spiro atoms. The molecule has 1 fully saturated rings. The summed E-state index contributed by atoms with van der Waals surface area (Å²) in [5.74, 6) is 0.0514. The maximum atomic E-state index is 12.3. The Morgan fingerprint density at radius 3 is 2.65 bits per heavy atom. The lowest BCUT2D eigenvalue weighted by molar-refractivity contribution is -0.119. The average molecular weight is 301 g/mol. The van der Waals surface area contributed by atoms with E-state index in [2.05, 4.69) is 0 Å². The Hall–Kier alpha value is -1.38. The molecule has 1 aromatic rings. The van der Waals surface area contributed by atoms with Gasteiger partial charge in [-0.05, 0) is 32.0 Å². The lowest BCUT2D eigenvalue weighted by Crippen LogP contribution is -2.30. The summed E-state index contributed by atoms with van der Waals surface area (Å²) in [7, 11) is -1.81. The number of sulfonamides is 1. The molecular weight excluding hydrogens is 282 g/mol. The second-order valence-corrected chi connectivity index (χ2v) is 6.84. The molecule has 0 saturated carbocycles. The van der Waals surface area contributed by atoms with Crippen molar-refractivity contribution in [3.8, 4) is 0 Å². The van der Waals surface area contributed by atoms with Crippen LogP contribution < -0.4 is 5.73 Å². The van der Waals surface area contributed by atoms with Gasteiger partial charge in [0.2, 0.25) is 11.0 Å². The van der Waals surface area contributed by atoms with Gasteiger partial charge in [0.25, 0.3) is 10.0 Å². The third-order valence-corrected chi connectivity index (χ3v) is 4.92. The number of primary amides is 1.